The average Bonchev–Trinajstić information content (AvgIpc) is 2.29. The summed E-state index contributed by atoms with van der Waals surface area (Å²) in [6.07, 6.45) is 2.82. The Balaban J connectivity index is 3.08. The highest BCUT2D eigenvalue weighted by atomic mass is 79.9. The van der Waals surface area contributed by atoms with Crippen molar-refractivity contribution in [3.8, 4) is 0 Å². The van der Waals surface area contributed by atoms with Crippen molar-refractivity contribution >= 4 is 49.7 Å². The van der Waals surface area contributed by atoms with E-state index >= 15 is 0 Å². The van der Waals surface area contributed by atoms with Crippen molar-refractivity contribution < 1.29 is 14.7 Å². The highest BCUT2D eigenvalue weighted by molar-refractivity contribution is 9.10. The summed E-state index contributed by atoms with van der Waals surface area (Å²) < 4.78 is 0.805. The SMILES string of the molecule is O=C(O)/C=C/c1cccc(Br)c1CC(=O)CBr. The molecule has 0 saturated carbocycles. The van der Waals surface area contributed by atoms with E-state index in [0.29, 0.717) is 0 Å². The number of hydrogen-bond donors (Lipinski definition) is 1. The summed E-state index contributed by atoms with van der Waals surface area (Å²) in [5, 5.41) is 8.88. The van der Waals surface area contributed by atoms with Crippen LogP contribution in [-0.2, 0) is 16.0 Å². The third-order valence-electron chi connectivity index (χ3n) is 2.08. The molecule has 0 saturated heterocycles. The van der Waals surface area contributed by atoms with E-state index < -0.39 is 5.97 Å². The maximum absolute atomic E-state index is 11.4. The molecule has 0 radical (unpaired) electrons. The molecular weight excluding hydrogens is 352 g/mol. The summed E-state index contributed by atoms with van der Waals surface area (Å²) in [6, 6.07) is 5.41. The van der Waals surface area contributed by atoms with Gasteiger partial charge in [-0.1, -0.05) is 44.0 Å². The fourth-order valence-electron chi connectivity index (χ4n) is 1.32. The zero-order valence-electron chi connectivity index (χ0n) is 8.82. The van der Waals surface area contributed by atoms with E-state index in [0.717, 1.165) is 21.7 Å². The lowest BCUT2D eigenvalue weighted by atomic mass is 10.0. The van der Waals surface area contributed by atoms with Crippen LogP contribution in [0.2, 0.25) is 0 Å². The van der Waals surface area contributed by atoms with Gasteiger partial charge in [-0.05, 0) is 23.3 Å². The van der Waals surface area contributed by atoms with Gasteiger partial charge in [-0.15, -0.1) is 0 Å². The first-order valence-corrected chi connectivity index (χ1v) is 6.72. The van der Waals surface area contributed by atoms with Gasteiger partial charge in [-0.2, -0.15) is 0 Å². The standard InChI is InChI=1S/C12H10Br2O3/c13-7-9(15)6-10-8(4-5-12(16)17)2-1-3-11(10)14/h1-5H,6-7H2,(H,16,17)/b5-4+. The maximum Gasteiger partial charge on any atom is 0.328 e. The van der Waals surface area contributed by atoms with Crippen LogP contribution in [0.15, 0.2) is 28.7 Å². The van der Waals surface area contributed by atoms with Gasteiger partial charge in [0.1, 0.15) is 5.78 Å². The predicted molar refractivity (Wildman–Crippen MR) is 73.3 cm³/mol. The Hall–Kier alpha value is -0.940. The molecule has 0 atom stereocenters. The van der Waals surface area contributed by atoms with Crippen molar-refractivity contribution in [1.29, 1.82) is 0 Å². The second-order valence-electron chi connectivity index (χ2n) is 3.33. The summed E-state index contributed by atoms with van der Waals surface area (Å²) >= 11 is 6.47. The van der Waals surface area contributed by atoms with Gasteiger partial charge in [0.2, 0.25) is 0 Å². The van der Waals surface area contributed by atoms with Gasteiger partial charge in [0.15, 0.2) is 0 Å². The summed E-state index contributed by atoms with van der Waals surface area (Å²) in [6.45, 7) is 0. The molecule has 0 amide bonds. The highest BCUT2D eigenvalue weighted by Gasteiger charge is 2.09. The number of halogens is 2. The molecule has 0 unspecified atom stereocenters. The molecule has 0 aliphatic carbocycles. The molecule has 0 bridgehead atoms. The average molecular weight is 362 g/mol. The number of ketones is 1. The highest BCUT2D eigenvalue weighted by Crippen LogP contribution is 2.23. The van der Waals surface area contributed by atoms with E-state index in [2.05, 4.69) is 31.9 Å². The minimum atomic E-state index is -1.01. The Bertz CT molecular complexity index is 467. The molecular formula is C12H10Br2O3. The molecule has 0 aliphatic heterocycles. The number of Topliss-reactive ketones (excluding diaryl/α,β-unsaturated/α-hetero) is 1. The van der Waals surface area contributed by atoms with Crippen LogP contribution in [0, 0.1) is 0 Å². The van der Waals surface area contributed by atoms with E-state index in [1.54, 1.807) is 12.1 Å². The first-order valence-electron chi connectivity index (χ1n) is 4.80. The Morgan fingerprint density at radius 3 is 2.65 bits per heavy atom. The van der Waals surface area contributed by atoms with Crippen LogP contribution in [0.25, 0.3) is 6.08 Å². The fourth-order valence-corrected chi connectivity index (χ4v) is 2.04. The zero-order valence-corrected chi connectivity index (χ0v) is 12.0. The van der Waals surface area contributed by atoms with Gasteiger partial charge in [-0.3, -0.25) is 4.79 Å². The molecule has 0 spiro atoms. The van der Waals surface area contributed by atoms with E-state index in [9.17, 15) is 9.59 Å². The smallest absolute Gasteiger partial charge is 0.328 e. The van der Waals surface area contributed by atoms with Gasteiger partial charge in [-0.25, -0.2) is 4.79 Å². The second-order valence-corrected chi connectivity index (χ2v) is 4.74. The van der Waals surface area contributed by atoms with E-state index in [-0.39, 0.29) is 17.5 Å². The van der Waals surface area contributed by atoms with Crippen LogP contribution in [-0.4, -0.2) is 22.2 Å². The summed E-state index contributed by atoms with van der Waals surface area (Å²) in [5.74, 6) is -0.968. The number of rotatable bonds is 5. The van der Waals surface area contributed by atoms with Crippen LogP contribution in [0.4, 0.5) is 0 Å². The van der Waals surface area contributed by atoms with E-state index in [1.807, 2.05) is 6.07 Å². The monoisotopic (exact) mass is 360 g/mol. The lowest BCUT2D eigenvalue weighted by molar-refractivity contribution is -0.131. The third kappa shape index (κ3) is 4.44. The molecule has 17 heavy (non-hydrogen) atoms. The van der Waals surface area contributed by atoms with Crippen molar-refractivity contribution in [3.05, 3.63) is 39.9 Å². The number of carbonyl (C=O) groups is 2. The number of carboxylic acids is 1. The number of aliphatic carboxylic acids is 1. The van der Waals surface area contributed by atoms with Crippen molar-refractivity contribution in [2.24, 2.45) is 0 Å². The third-order valence-corrected chi connectivity index (χ3v) is 3.45. The van der Waals surface area contributed by atoms with Gasteiger partial charge in [0, 0.05) is 17.0 Å². The van der Waals surface area contributed by atoms with Crippen LogP contribution in [0.3, 0.4) is 0 Å². The van der Waals surface area contributed by atoms with Gasteiger partial charge >= 0.3 is 5.97 Å². The molecule has 90 valence electrons. The van der Waals surface area contributed by atoms with Crippen LogP contribution in [0.1, 0.15) is 11.1 Å². The minimum Gasteiger partial charge on any atom is -0.478 e. The summed E-state index contributed by atoms with van der Waals surface area (Å²) in [5.41, 5.74) is 1.53. The lowest BCUT2D eigenvalue weighted by Gasteiger charge is -2.07. The number of hydrogen-bond acceptors (Lipinski definition) is 2. The number of benzene rings is 1. The molecule has 1 rings (SSSR count). The Kier molecular flexibility index (Phi) is 5.58. The molecule has 1 aromatic carbocycles. The number of carboxylic acid groups (broad SMARTS) is 1. The molecule has 0 fully saturated rings. The van der Waals surface area contributed by atoms with Crippen molar-refractivity contribution in [3.63, 3.8) is 0 Å². The van der Waals surface area contributed by atoms with Gasteiger partial charge < -0.3 is 5.11 Å². The topological polar surface area (TPSA) is 54.4 Å². The largest absolute Gasteiger partial charge is 0.478 e. The first kappa shape index (κ1) is 14.1. The van der Waals surface area contributed by atoms with Gasteiger partial charge in [0.05, 0.1) is 5.33 Å². The summed E-state index contributed by atoms with van der Waals surface area (Å²) in [4.78, 5) is 21.9. The molecule has 5 heteroatoms. The van der Waals surface area contributed by atoms with E-state index in [4.69, 9.17) is 5.11 Å². The molecule has 1 aromatic rings. The van der Waals surface area contributed by atoms with Crippen molar-refractivity contribution in [2.75, 3.05) is 5.33 Å². The minimum absolute atomic E-state index is 0.0434. The van der Waals surface area contributed by atoms with Crippen LogP contribution >= 0.6 is 31.9 Å². The Morgan fingerprint density at radius 1 is 1.35 bits per heavy atom. The quantitative estimate of drug-likeness (QED) is 0.647. The number of carbonyl (C=O) groups excluding carboxylic acids is 1. The molecule has 3 nitrogen and oxygen atoms in total. The predicted octanol–water partition coefficient (Wildman–Crippen LogP) is 3.05. The zero-order chi connectivity index (χ0) is 12.8. The molecule has 1 N–H and O–H groups in total. The molecule has 0 aromatic heterocycles. The Labute approximate surface area is 116 Å². The fraction of sp³-hybridized carbons (Fsp3) is 0.167. The molecule has 0 heterocycles. The summed E-state index contributed by atoms with van der Waals surface area (Å²) in [7, 11) is 0. The van der Waals surface area contributed by atoms with Gasteiger partial charge in [0.25, 0.3) is 0 Å². The maximum atomic E-state index is 11.4. The van der Waals surface area contributed by atoms with Crippen LogP contribution < -0.4 is 0 Å². The second kappa shape index (κ2) is 6.71. The lowest BCUT2D eigenvalue weighted by Crippen LogP contribution is -2.05. The van der Waals surface area contributed by atoms with Crippen molar-refractivity contribution in [2.45, 2.75) is 6.42 Å². The molecule has 0 aliphatic rings. The first-order chi connectivity index (χ1) is 8.04. The van der Waals surface area contributed by atoms with Crippen molar-refractivity contribution in [1.82, 2.24) is 0 Å². The Morgan fingerprint density at radius 2 is 2.06 bits per heavy atom. The van der Waals surface area contributed by atoms with E-state index in [1.165, 1.54) is 6.08 Å². The van der Waals surface area contributed by atoms with Crippen LogP contribution in [0.5, 0.6) is 0 Å². The normalized spacial score (nSPS) is 10.7. The number of alkyl halides is 1.